The molecule has 1 rings (SSSR count). The van der Waals surface area contributed by atoms with Crippen LogP contribution in [0.2, 0.25) is 0 Å². The Morgan fingerprint density at radius 2 is 2.00 bits per heavy atom. The van der Waals surface area contributed by atoms with Gasteiger partial charge in [0, 0.05) is 6.26 Å². The van der Waals surface area contributed by atoms with Crippen LogP contribution >= 0.6 is 11.8 Å². The lowest BCUT2D eigenvalue weighted by atomic mass is 10.1. The van der Waals surface area contributed by atoms with Crippen LogP contribution < -0.4 is 0 Å². The Morgan fingerprint density at radius 3 is 2.56 bits per heavy atom. The van der Waals surface area contributed by atoms with Gasteiger partial charge in [-0.1, -0.05) is 25.7 Å². The fourth-order valence-electron chi connectivity index (χ4n) is 1.55. The van der Waals surface area contributed by atoms with Crippen LogP contribution in [0.1, 0.15) is 32.1 Å². The Kier molecular flexibility index (Phi) is 3.49. The molecular weight excluding hydrogens is 128 g/mol. The minimum atomic E-state index is 1.05. The molecule has 53 valence electrons. The number of hydrogen-bond donors (Lipinski definition) is 0. The third-order valence-electron chi connectivity index (χ3n) is 2.15. The first kappa shape index (κ1) is 7.46. The molecule has 0 N–H and O–H groups in total. The van der Waals surface area contributed by atoms with Crippen molar-refractivity contribution in [2.45, 2.75) is 32.1 Å². The zero-order valence-corrected chi connectivity index (χ0v) is 6.75. The minimum Gasteiger partial charge on any atom is -0.161 e. The van der Waals surface area contributed by atoms with E-state index in [9.17, 15) is 0 Å². The smallest absolute Gasteiger partial charge is 0.00235 e. The molecule has 0 saturated heterocycles. The Hall–Kier alpha value is 0.350. The summed E-state index contributed by atoms with van der Waals surface area (Å²) in [5.74, 6) is 2.32. The molecule has 1 radical (unpaired) electrons. The maximum Gasteiger partial charge on any atom is 0.00235 e. The van der Waals surface area contributed by atoms with E-state index in [1.807, 2.05) is 0 Å². The molecule has 0 aromatic carbocycles. The summed E-state index contributed by atoms with van der Waals surface area (Å²) in [5.41, 5.74) is 0. The minimum absolute atomic E-state index is 1.05. The van der Waals surface area contributed by atoms with Gasteiger partial charge >= 0.3 is 0 Å². The normalized spacial score (nSPS) is 21.0. The first-order chi connectivity index (χ1) is 4.43. The third kappa shape index (κ3) is 2.61. The van der Waals surface area contributed by atoms with E-state index in [1.54, 1.807) is 11.8 Å². The number of hydrogen-bond acceptors (Lipinski definition) is 1. The van der Waals surface area contributed by atoms with Crippen LogP contribution in [0, 0.1) is 12.2 Å². The Balaban J connectivity index is 1.98. The van der Waals surface area contributed by atoms with E-state index in [-0.39, 0.29) is 0 Å². The molecule has 1 fully saturated rings. The fourth-order valence-corrected chi connectivity index (χ4v) is 2.05. The van der Waals surface area contributed by atoms with Crippen molar-refractivity contribution >= 4 is 11.8 Å². The highest BCUT2D eigenvalue weighted by atomic mass is 32.2. The predicted octanol–water partition coefficient (Wildman–Crippen LogP) is 3.09. The maximum absolute atomic E-state index is 3.76. The first-order valence-corrected chi connectivity index (χ1v) is 4.96. The van der Waals surface area contributed by atoms with Crippen molar-refractivity contribution in [2.24, 2.45) is 5.92 Å². The van der Waals surface area contributed by atoms with Gasteiger partial charge in [-0.05, 0) is 18.1 Å². The van der Waals surface area contributed by atoms with Gasteiger partial charge in [-0.2, -0.15) is 11.8 Å². The van der Waals surface area contributed by atoms with Crippen molar-refractivity contribution in [1.82, 2.24) is 0 Å². The first-order valence-electron chi connectivity index (χ1n) is 3.80. The molecule has 0 amide bonds. The van der Waals surface area contributed by atoms with Gasteiger partial charge in [-0.15, -0.1) is 0 Å². The summed E-state index contributed by atoms with van der Waals surface area (Å²) in [7, 11) is 0. The molecule has 1 aliphatic rings. The second-order valence-electron chi connectivity index (χ2n) is 2.85. The van der Waals surface area contributed by atoms with Crippen LogP contribution in [0.5, 0.6) is 0 Å². The van der Waals surface area contributed by atoms with Gasteiger partial charge in [0.25, 0.3) is 0 Å². The van der Waals surface area contributed by atoms with Crippen molar-refractivity contribution in [3.8, 4) is 0 Å². The van der Waals surface area contributed by atoms with Gasteiger partial charge < -0.3 is 0 Å². The lowest BCUT2D eigenvalue weighted by Crippen LogP contribution is -1.93. The molecule has 0 unspecified atom stereocenters. The molecule has 0 spiro atoms. The predicted molar refractivity (Wildman–Crippen MR) is 44.4 cm³/mol. The van der Waals surface area contributed by atoms with Gasteiger partial charge in [0.1, 0.15) is 0 Å². The second kappa shape index (κ2) is 4.21. The highest BCUT2D eigenvalue weighted by molar-refractivity contribution is 8.00. The Morgan fingerprint density at radius 1 is 1.33 bits per heavy atom. The second-order valence-corrected chi connectivity index (χ2v) is 3.66. The highest BCUT2D eigenvalue weighted by Crippen LogP contribution is 2.28. The Labute approximate surface area is 62.4 Å². The third-order valence-corrected chi connectivity index (χ3v) is 2.67. The summed E-state index contributed by atoms with van der Waals surface area (Å²) in [4.78, 5) is 0. The van der Waals surface area contributed by atoms with Gasteiger partial charge in [-0.3, -0.25) is 0 Å². The van der Waals surface area contributed by atoms with E-state index in [0.717, 1.165) is 5.92 Å². The van der Waals surface area contributed by atoms with E-state index in [0.29, 0.717) is 0 Å². The standard InChI is InChI=1S/C8H15S/c1-9-7-6-8-4-2-3-5-8/h8H,1-7H2. The lowest BCUT2D eigenvalue weighted by molar-refractivity contribution is 0.535. The molecular formula is C8H15S. The topological polar surface area (TPSA) is 0 Å². The summed E-state index contributed by atoms with van der Waals surface area (Å²) >= 11 is 1.74. The summed E-state index contributed by atoms with van der Waals surface area (Å²) in [5, 5.41) is 0. The van der Waals surface area contributed by atoms with Crippen molar-refractivity contribution in [2.75, 3.05) is 5.75 Å². The molecule has 0 nitrogen and oxygen atoms in total. The molecule has 0 aliphatic heterocycles. The number of rotatable bonds is 3. The SMILES string of the molecule is [CH2]SCCC1CCCC1. The molecule has 0 aromatic rings. The zero-order valence-electron chi connectivity index (χ0n) is 5.94. The molecule has 0 aromatic heterocycles. The fraction of sp³-hybridized carbons (Fsp3) is 0.875. The molecule has 0 atom stereocenters. The molecule has 9 heavy (non-hydrogen) atoms. The molecule has 0 bridgehead atoms. The van der Waals surface area contributed by atoms with Crippen LogP contribution in [-0.4, -0.2) is 5.75 Å². The molecule has 1 saturated carbocycles. The largest absolute Gasteiger partial charge is 0.161 e. The van der Waals surface area contributed by atoms with Crippen LogP contribution in [0.3, 0.4) is 0 Å². The monoisotopic (exact) mass is 143 g/mol. The van der Waals surface area contributed by atoms with E-state index >= 15 is 0 Å². The molecule has 0 heterocycles. The summed E-state index contributed by atoms with van der Waals surface area (Å²) < 4.78 is 0. The van der Waals surface area contributed by atoms with Crippen LogP contribution in [-0.2, 0) is 0 Å². The van der Waals surface area contributed by atoms with Crippen molar-refractivity contribution in [3.05, 3.63) is 6.26 Å². The van der Waals surface area contributed by atoms with E-state index < -0.39 is 0 Å². The van der Waals surface area contributed by atoms with Gasteiger partial charge in [0.05, 0.1) is 0 Å². The molecule has 1 aliphatic carbocycles. The summed E-state index contributed by atoms with van der Waals surface area (Å²) in [6.07, 6.45) is 11.1. The van der Waals surface area contributed by atoms with Gasteiger partial charge in [0.2, 0.25) is 0 Å². The van der Waals surface area contributed by atoms with Crippen molar-refractivity contribution in [3.63, 3.8) is 0 Å². The quantitative estimate of drug-likeness (QED) is 0.585. The zero-order chi connectivity index (χ0) is 6.53. The van der Waals surface area contributed by atoms with E-state index in [1.165, 1.54) is 37.9 Å². The van der Waals surface area contributed by atoms with E-state index in [2.05, 4.69) is 6.26 Å². The average molecular weight is 143 g/mol. The van der Waals surface area contributed by atoms with Crippen LogP contribution in [0.25, 0.3) is 0 Å². The number of thioether (sulfide) groups is 1. The van der Waals surface area contributed by atoms with Crippen LogP contribution in [0.4, 0.5) is 0 Å². The van der Waals surface area contributed by atoms with Crippen LogP contribution in [0.15, 0.2) is 0 Å². The van der Waals surface area contributed by atoms with Gasteiger partial charge in [-0.25, -0.2) is 0 Å². The van der Waals surface area contributed by atoms with Gasteiger partial charge in [0.15, 0.2) is 0 Å². The van der Waals surface area contributed by atoms with Crippen molar-refractivity contribution < 1.29 is 0 Å². The maximum atomic E-state index is 3.76. The summed E-state index contributed by atoms with van der Waals surface area (Å²) in [6.45, 7) is 0. The summed E-state index contributed by atoms with van der Waals surface area (Å²) in [6, 6.07) is 0. The van der Waals surface area contributed by atoms with E-state index in [4.69, 9.17) is 0 Å². The lowest BCUT2D eigenvalue weighted by Gasteiger charge is -2.04. The van der Waals surface area contributed by atoms with Crippen molar-refractivity contribution in [1.29, 1.82) is 0 Å². The average Bonchev–Trinajstić information content (AvgIpc) is 2.34. The molecule has 1 heteroatoms. The Bertz CT molecular complexity index is 65.0. The highest BCUT2D eigenvalue weighted by Gasteiger charge is 2.13.